The largest absolute Gasteiger partial charge is 0.436 e. The van der Waals surface area contributed by atoms with Crippen molar-refractivity contribution >= 4 is 23.4 Å². The number of piperidine rings is 1. The van der Waals surface area contributed by atoms with Crippen molar-refractivity contribution in [1.82, 2.24) is 4.90 Å². The number of likely N-dealkylation sites (tertiary alicyclic amines) is 1. The van der Waals surface area contributed by atoms with E-state index in [9.17, 15) is 4.79 Å². The maximum atomic E-state index is 12.5. The van der Waals surface area contributed by atoms with E-state index >= 15 is 0 Å². The highest BCUT2D eigenvalue weighted by Crippen LogP contribution is 2.42. The van der Waals surface area contributed by atoms with Crippen LogP contribution in [0.5, 0.6) is 0 Å². The Morgan fingerprint density at radius 2 is 1.70 bits per heavy atom. The third-order valence-electron chi connectivity index (χ3n) is 5.57. The molecule has 0 N–H and O–H groups in total. The number of hydrogen-bond acceptors (Lipinski definition) is 3. The first-order valence-electron chi connectivity index (χ1n) is 9.32. The average Bonchev–Trinajstić information content (AvgIpc) is 2.93. The monoisotopic (exact) mass is 382 g/mol. The van der Waals surface area contributed by atoms with E-state index in [2.05, 4.69) is 23.6 Å². The number of carbonyl (C=O) groups excluding carboxylic acids is 1. The summed E-state index contributed by atoms with van der Waals surface area (Å²) in [5, 5.41) is 0.767. The summed E-state index contributed by atoms with van der Waals surface area (Å²) in [7, 11) is 0. The van der Waals surface area contributed by atoms with Crippen LogP contribution in [0.2, 0.25) is 5.02 Å². The van der Waals surface area contributed by atoms with E-state index in [4.69, 9.17) is 16.3 Å². The Kier molecular flexibility index (Phi) is 4.94. The van der Waals surface area contributed by atoms with E-state index in [0.29, 0.717) is 0 Å². The van der Waals surface area contributed by atoms with Crippen molar-refractivity contribution in [2.45, 2.75) is 24.9 Å². The van der Waals surface area contributed by atoms with Gasteiger partial charge in [0.05, 0.1) is 11.4 Å². The summed E-state index contributed by atoms with van der Waals surface area (Å²) in [6.07, 6.45) is 2.23. The summed E-state index contributed by atoms with van der Waals surface area (Å²) in [5.74, 6) is 0. The molecule has 2 aliphatic rings. The summed E-state index contributed by atoms with van der Waals surface area (Å²) in [6.45, 7) is 6.98. The molecule has 4 nitrogen and oxygen atoms in total. The van der Waals surface area contributed by atoms with Crippen LogP contribution in [0.1, 0.15) is 18.4 Å². The molecule has 0 saturated carbocycles. The summed E-state index contributed by atoms with van der Waals surface area (Å²) in [4.78, 5) is 16.5. The number of para-hydroxylation sites is 1. The highest BCUT2D eigenvalue weighted by atomic mass is 35.5. The number of anilines is 1. The molecular weight excluding hydrogens is 360 g/mol. The van der Waals surface area contributed by atoms with Gasteiger partial charge in [-0.2, -0.15) is 0 Å². The maximum Gasteiger partial charge on any atom is 0.419 e. The molecule has 2 saturated heterocycles. The van der Waals surface area contributed by atoms with Crippen LogP contribution >= 0.6 is 11.6 Å². The van der Waals surface area contributed by atoms with Gasteiger partial charge in [-0.3, -0.25) is 0 Å². The van der Waals surface area contributed by atoms with Crippen LogP contribution in [-0.4, -0.2) is 36.2 Å². The number of rotatable bonds is 4. The second-order valence-electron chi connectivity index (χ2n) is 7.20. The molecule has 2 aromatic carbocycles. The summed E-state index contributed by atoms with van der Waals surface area (Å²) >= 11 is 5.95. The van der Waals surface area contributed by atoms with Crippen molar-refractivity contribution in [3.05, 3.63) is 77.5 Å². The van der Waals surface area contributed by atoms with Crippen LogP contribution in [0.25, 0.3) is 0 Å². The van der Waals surface area contributed by atoms with Gasteiger partial charge in [0, 0.05) is 37.5 Å². The summed E-state index contributed by atoms with van der Waals surface area (Å²) < 4.78 is 5.84. The minimum Gasteiger partial charge on any atom is -0.436 e. The van der Waals surface area contributed by atoms with Gasteiger partial charge in [0.25, 0.3) is 0 Å². The fourth-order valence-electron chi connectivity index (χ4n) is 3.89. The van der Waals surface area contributed by atoms with Crippen LogP contribution in [0.4, 0.5) is 10.5 Å². The van der Waals surface area contributed by atoms with Gasteiger partial charge >= 0.3 is 6.09 Å². The molecule has 0 aliphatic carbocycles. The molecule has 1 spiro atoms. The number of hydrogen-bond donors (Lipinski definition) is 0. The minimum absolute atomic E-state index is 0.319. The van der Waals surface area contributed by atoms with E-state index in [1.807, 2.05) is 42.5 Å². The zero-order chi connectivity index (χ0) is 18.9. The van der Waals surface area contributed by atoms with Crippen molar-refractivity contribution in [1.29, 1.82) is 0 Å². The third-order valence-corrected chi connectivity index (χ3v) is 5.82. The molecule has 2 fully saturated rings. The van der Waals surface area contributed by atoms with Gasteiger partial charge in [-0.05, 0) is 36.2 Å². The van der Waals surface area contributed by atoms with Crippen LogP contribution in [0, 0.1) is 0 Å². The quantitative estimate of drug-likeness (QED) is 0.754. The van der Waals surface area contributed by atoms with E-state index in [-0.39, 0.29) is 6.09 Å². The molecule has 140 valence electrons. The fraction of sp³-hybridized carbons (Fsp3) is 0.318. The van der Waals surface area contributed by atoms with Gasteiger partial charge in [-0.25, -0.2) is 9.69 Å². The zero-order valence-corrected chi connectivity index (χ0v) is 16.0. The Hall–Kier alpha value is -2.30. The first kappa shape index (κ1) is 18.1. The molecule has 0 radical (unpaired) electrons. The molecule has 27 heavy (non-hydrogen) atoms. The molecule has 2 aromatic rings. The van der Waals surface area contributed by atoms with E-state index in [1.54, 1.807) is 4.90 Å². The maximum absolute atomic E-state index is 12.5. The predicted molar refractivity (Wildman–Crippen MR) is 108 cm³/mol. The van der Waals surface area contributed by atoms with Crippen molar-refractivity contribution in [3.63, 3.8) is 0 Å². The molecule has 0 bridgehead atoms. The molecule has 2 heterocycles. The number of halogens is 1. The molecular formula is C22H23ClN2O2. The number of nitrogens with zero attached hydrogens (tertiary/aromatic N) is 2. The lowest BCUT2D eigenvalue weighted by Gasteiger charge is -2.38. The Labute approximate surface area is 165 Å². The van der Waals surface area contributed by atoms with Gasteiger partial charge < -0.3 is 9.64 Å². The normalized spacial score (nSPS) is 19.5. The fourth-order valence-corrected chi connectivity index (χ4v) is 4.02. The molecule has 1 amide bonds. The second kappa shape index (κ2) is 7.37. The number of amides is 1. The van der Waals surface area contributed by atoms with Crippen LogP contribution in [0.3, 0.4) is 0 Å². The first-order valence-corrected chi connectivity index (χ1v) is 9.70. The number of carbonyl (C=O) groups is 1. The van der Waals surface area contributed by atoms with E-state index in [1.165, 1.54) is 5.56 Å². The second-order valence-corrected chi connectivity index (χ2v) is 7.63. The Bertz CT molecular complexity index is 827. The van der Waals surface area contributed by atoms with Crippen molar-refractivity contribution < 1.29 is 9.53 Å². The van der Waals surface area contributed by atoms with Gasteiger partial charge in [-0.15, -0.1) is 0 Å². The molecule has 2 aliphatic heterocycles. The molecule has 0 atom stereocenters. The molecule has 0 unspecified atom stereocenters. The summed E-state index contributed by atoms with van der Waals surface area (Å²) in [5.41, 5.74) is 2.29. The van der Waals surface area contributed by atoms with Crippen LogP contribution in [-0.2, 0) is 11.2 Å². The van der Waals surface area contributed by atoms with Crippen LogP contribution < -0.4 is 4.90 Å². The third kappa shape index (κ3) is 3.60. The minimum atomic E-state index is -0.566. The first-order chi connectivity index (χ1) is 13.1. The predicted octanol–water partition coefficient (Wildman–Crippen LogP) is 4.89. The van der Waals surface area contributed by atoms with Gasteiger partial charge in [0.15, 0.2) is 5.60 Å². The zero-order valence-electron chi connectivity index (χ0n) is 15.2. The van der Waals surface area contributed by atoms with Crippen molar-refractivity contribution in [3.8, 4) is 0 Å². The van der Waals surface area contributed by atoms with Gasteiger partial charge in [0.1, 0.15) is 0 Å². The SMILES string of the molecule is C=C1N(c2ccccc2)C(=O)OC12CCN(CCc1ccc(Cl)cc1)CC2. The Morgan fingerprint density at radius 3 is 2.37 bits per heavy atom. The highest BCUT2D eigenvalue weighted by molar-refractivity contribution is 6.30. The van der Waals surface area contributed by atoms with E-state index < -0.39 is 5.60 Å². The lowest BCUT2D eigenvalue weighted by Crippen LogP contribution is -2.46. The smallest absolute Gasteiger partial charge is 0.419 e. The molecule has 4 rings (SSSR count). The lowest BCUT2D eigenvalue weighted by atomic mass is 9.88. The average molecular weight is 383 g/mol. The number of benzene rings is 2. The Balaban J connectivity index is 1.37. The van der Waals surface area contributed by atoms with Crippen molar-refractivity contribution in [2.24, 2.45) is 0 Å². The van der Waals surface area contributed by atoms with Gasteiger partial charge in [-0.1, -0.05) is 48.5 Å². The van der Waals surface area contributed by atoms with Crippen LogP contribution in [0.15, 0.2) is 66.9 Å². The Morgan fingerprint density at radius 1 is 1.04 bits per heavy atom. The standard InChI is InChI=1S/C22H23ClN2O2/c1-17-22(27-21(26)25(17)20-5-3-2-4-6-20)12-15-24(16-13-22)14-11-18-7-9-19(23)10-8-18/h2-10H,1,11-16H2. The lowest BCUT2D eigenvalue weighted by molar-refractivity contribution is 0.0154. The highest BCUT2D eigenvalue weighted by Gasteiger charge is 2.50. The van der Waals surface area contributed by atoms with Crippen molar-refractivity contribution in [2.75, 3.05) is 24.5 Å². The van der Waals surface area contributed by atoms with E-state index in [0.717, 1.165) is 55.3 Å². The molecule has 5 heteroatoms. The number of ether oxygens (including phenoxy) is 1. The summed E-state index contributed by atoms with van der Waals surface area (Å²) in [6, 6.07) is 17.6. The topological polar surface area (TPSA) is 32.8 Å². The molecule has 0 aromatic heterocycles. The van der Waals surface area contributed by atoms with Gasteiger partial charge in [0.2, 0.25) is 0 Å².